The summed E-state index contributed by atoms with van der Waals surface area (Å²) in [6, 6.07) is 9.72. The van der Waals surface area contributed by atoms with Gasteiger partial charge in [-0.3, -0.25) is 14.2 Å². The molecule has 0 fully saturated rings. The quantitative estimate of drug-likeness (QED) is 0.916. The van der Waals surface area contributed by atoms with Gasteiger partial charge in [0.25, 0.3) is 0 Å². The maximum Gasteiger partial charge on any atom is 0.231 e. The summed E-state index contributed by atoms with van der Waals surface area (Å²) in [6.07, 6.45) is 2.20. The Balaban J connectivity index is 2.02. The lowest BCUT2D eigenvalue weighted by atomic mass is 10.2. The summed E-state index contributed by atoms with van der Waals surface area (Å²) < 4.78 is 1.61. The van der Waals surface area contributed by atoms with Crippen molar-refractivity contribution in [2.75, 3.05) is 0 Å². The molecule has 1 aromatic carbocycles. The molecular formula is C15H18N2O2. The molecule has 0 spiro atoms. The van der Waals surface area contributed by atoms with Crippen molar-refractivity contribution in [3.05, 3.63) is 36.5 Å². The van der Waals surface area contributed by atoms with E-state index in [4.69, 9.17) is 0 Å². The predicted molar refractivity (Wildman–Crippen MR) is 75.1 cm³/mol. The van der Waals surface area contributed by atoms with Crippen LogP contribution in [-0.2, 0) is 4.79 Å². The third kappa shape index (κ3) is 3.22. The van der Waals surface area contributed by atoms with Crippen LogP contribution < -0.4 is 5.32 Å². The van der Waals surface area contributed by atoms with Crippen molar-refractivity contribution in [3.8, 4) is 0 Å². The van der Waals surface area contributed by atoms with Crippen molar-refractivity contribution in [2.45, 2.75) is 32.7 Å². The molecule has 0 atom stereocenters. The normalized spacial score (nSPS) is 10.9. The molecule has 4 nitrogen and oxygen atoms in total. The molecule has 0 bridgehead atoms. The van der Waals surface area contributed by atoms with Crippen LogP contribution in [0.15, 0.2) is 36.5 Å². The Hall–Kier alpha value is -2.10. The zero-order chi connectivity index (χ0) is 13.8. The highest BCUT2D eigenvalue weighted by atomic mass is 16.2. The highest BCUT2D eigenvalue weighted by Crippen LogP contribution is 2.15. The summed E-state index contributed by atoms with van der Waals surface area (Å²) >= 11 is 0. The molecule has 0 aliphatic carbocycles. The number of aromatic nitrogens is 1. The lowest BCUT2D eigenvalue weighted by Crippen LogP contribution is -2.30. The number of rotatable bonds is 4. The first kappa shape index (κ1) is 13.3. The van der Waals surface area contributed by atoms with Crippen LogP contribution in [0.5, 0.6) is 0 Å². The van der Waals surface area contributed by atoms with Crippen molar-refractivity contribution in [3.63, 3.8) is 0 Å². The summed E-state index contributed by atoms with van der Waals surface area (Å²) in [5.41, 5.74) is 0.886. The van der Waals surface area contributed by atoms with E-state index >= 15 is 0 Å². The lowest BCUT2D eigenvalue weighted by Gasteiger charge is -2.08. The van der Waals surface area contributed by atoms with Crippen molar-refractivity contribution in [1.29, 1.82) is 0 Å². The first-order chi connectivity index (χ1) is 9.08. The summed E-state index contributed by atoms with van der Waals surface area (Å²) in [5.74, 6) is -0.139. The first-order valence-electron chi connectivity index (χ1n) is 6.46. The molecule has 19 heavy (non-hydrogen) atoms. The SMILES string of the molecule is CC(C)NC(=O)CCC(=O)n1ccc2ccccc21. The van der Waals surface area contributed by atoms with Gasteiger partial charge in [0.15, 0.2) is 0 Å². The van der Waals surface area contributed by atoms with E-state index in [0.29, 0.717) is 0 Å². The van der Waals surface area contributed by atoms with E-state index in [9.17, 15) is 9.59 Å². The number of nitrogens with zero attached hydrogens (tertiary/aromatic N) is 1. The Morgan fingerprint density at radius 3 is 2.63 bits per heavy atom. The first-order valence-corrected chi connectivity index (χ1v) is 6.46. The fraction of sp³-hybridized carbons (Fsp3) is 0.333. The molecule has 0 saturated heterocycles. The van der Waals surface area contributed by atoms with E-state index in [1.165, 1.54) is 0 Å². The minimum absolute atomic E-state index is 0.0555. The average Bonchev–Trinajstić information content (AvgIpc) is 2.79. The van der Waals surface area contributed by atoms with Gasteiger partial charge in [-0.25, -0.2) is 0 Å². The molecule has 0 saturated carbocycles. The van der Waals surface area contributed by atoms with Gasteiger partial charge in [-0.1, -0.05) is 18.2 Å². The topological polar surface area (TPSA) is 51.1 Å². The summed E-state index contributed by atoms with van der Waals surface area (Å²) in [5, 5.41) is 3.81. The van der Waals surface area contributed by atoms with Gasteiger partial charge in [-0.05, 0) is 26.0 Å². The zero-order valence-corrected chi connectivity index (χ0v) is 11.2. The number of benzene rings is 1. The fourth-order valence-corrected chi connectivity index (χ4v) is 2.04. The molecule has 0 radical (unpaired) electrons. The molecule has 1 N–H and O–H groups in total. The Bertz CT molecular complexity index is 599. The van der Waals surface area contributed by atoms with Crippen molar-refractivity contribution in [2.24, 2.45) is 0 Å². The maximum atomic E-state index is 12.1. The van der Waals surface area contributed by atoms with Crippen LogP contribution in [0.3, 0.4) is 0 Å². The molecule has 0 aliphatic rings. The molecule has 1 heterocycles. The molecule has 1 aromatic heterocycles. The van der Waals surface area contributed by atoms with E-state index in [1.54, 1.807) is 10.8 Å². The maximum absolute atomic E-state index is 12.1. The number of hydrogen-bond acceptors (Lipinski definition) is 2. The van der Waals surface area contributed by atoms with Gasteiger partial charge < -0.3 is 5.32 Å². The molecule has 4 heteroatoms. The van der Waals surface area contributed by atoms with Gasteiger partial charge in [0.05, 0.1) is 5.52 Å². The molecule has 2 aromatic rings. The molecule has 0 aliphatic heterocycles. The number of fused-ring (bicyclic) bond motifs is 1. The summed E-state index contributed by atoms with van der Waals surface area (Å²) in [6.45, 7) is 3.80. The predicted octanol–water partition coefficient (Wildman–Crippen LogP) is 2.59. The van der Waals surface area contributed by atoms with Gasteiger partial charge in [0.1, 0.15) is 0 Å². The number of hydrogen-bond donors (Lipinski definition) is 1. The molecule has 1 amide bonds. The van der Waals surface area contributed by atoms with E-state index < -0.39 is 0 Å². The fourth-order valence-electron chi connectivity index (χ4n) is 2.04. The van der Waals surface area contributed by atoms with Gasteiger partial charge in [0, 0.05) is 30.5 Å². The third-order valence-corrected chi connectivity index (χ3v) is 2.88. The van der Waals surface area contributed by atoms with Crippen molar-refractivity contribution < 1.29 is 9.59 Å². The Morgan fingerprint density at radius 2 is 1.89 bits per heavy atom. The molecule has 0 unspecified atom stereocenters. The van der Waals surface area contributed by atoms with Crippen LogP contribution in [0.2, 0.25) is 0 Å². The smallest absolute Gasteiger partial charge is 0.231 e. The highest BCUT2D eigenvalue weighted by molar-refractivity contribution is 5.93. The van der Waals surface area contributed by atoms with Gasteiger partial charge >= 0.3 is 0 Å². The second kappa shape index (κ2) is 5.69. The number of carbonyl (C=O) groups is 2. The summed E-state index contributed by atoms with van der Waals surface area (Å²) in [7, 11) is 0. The molecule has 100 valence electrons. The second-order valence-corrected chi connectivity index (χ2v) is 4.86. The largest absolute Gasteiger partial charge is 0.354 e. The van der Waals surface area contributed by atoms with E-state index in [2.05, 4.69) is 5.32 Å². The Kier molecular flexibility index (Phi) is 4.00. The van der Waals surface area contributed by atoms with Crippen molar-refractivity contribution in [1.82, 2.24) is 9.88 Å². The number of carbonyl (C=O) groups excluding carboxylic acids is 2. The van der Waals surface area contributed by atoms with Crippen LogP contribution in [-0.4, -0.2) is 22.4 Å². The Morgan fingerprint density at radius 1 is 1.16 bits per heavy atom. The van der Waals surface area contributed by atoms with Crippen LogP contribution in [0, 0.1) is 0 Å². The van der Waals surface area contributed by atoms with E-state index in [1.807, 2.05) is 44.2 Å². The molecular weight excluding hydrogens is 240 g/mol. The zero-order valence-electron chi connectivity index (χ0n) is 11.2. The minimum atomic E-state index is -0.0835. The van der Waals surface area contributed by atoms with E-state index in [-0.39, 0.29) is 30.7 Å². The van der Waals surface area contributed by atoms with Gasteiger partial charge in [0.2, 0.25) is 11.8 Å². The minimum Gasteiger partial charge on any atom is -0.354 e. The Labute approximate surface area is 112 Å². The lowest BCUT2D eigenvalue weighted by molar-refractivity contribution is -0.121. The second-order valence-electron chi connectivity index (χ2n) is 4.86. The van der Waals surface area contributed by atoms with Crippen LogP contribution >= 0.6 is 0 Å². The highest BCUT2D eigenvalue weighted by Gasteiger charge is 2.11. The number of nitrogens with one attached hydrogen (secondary N) is 1. The van der Waals surface area contributed by atoms with Crippen LogP contribution in [0.4, 0.5) is 0 Å². The summed E-state index contributed by atoms with van der Waals surface area (Å²) in [4.78, 5) is 23.6. The van der Waals surface area contributed by atoms with E-state index in [0.717, 1.165) is 10.9 Å². The standard InChI is InChI=1S/C15H18N2O2/c1-11(2)16-14(18)7-8-15(19)17-10-9-12-5-3-4-6-13(12)17/h3-6,9-11H,7-8H2,1-2H3,(H,16,18). The van der Waals surface area contributed by atoms with Crippen molar-refractivity contribution >= 4 is 22.7 Å². The van der Waals surface area contributed by atoms with Crippen LogP contribution in [0.25, 0.3) is 10.9 Å². The van der Waals surface area contributed by atoms with Gasteiger partial charge in [-0.2, -0.15) is 0 Å². The monoisotopic (exact) mass is 258 g/mol. The molecule has 2 rings (SSSR count). The van der Waals surface area contributed by atoms with Gasteiger partial charge in [-0.15, -0.1) is 0 Å². The van der Waals surface area contributed by atoms with Crippen LogP contribution in [0.1, 0.15) is 31.5 Å². The number of amides is 1. The number of para-hydroxylation sites is 1. The average molecular weight is 258 g/mol. The third-order valence-electron chi connectivity index (χ3n) is 2.88.